The zero-order valence-corrected chi connectivity index (χ0v) is 13.3. The van der Waals surface area contributed by atoms with Gasteiger partial charge < -0.3 is 0 Å². The summed E-state index contributed by atoms with van der Waals surface area (Å²) in [4.78, 5) is 19.3. The van der Waals surface area contributed by atoms with E-state index in [0.717, 1.165) is 5.39 Å². The highest BCUT2D eigenvalue weighted by molar-refractivity contribution is 5.79. The Morgan fingerprint density at radius 3 is 2.96 bits per heavy atom. The molecule has 25 heavy (non-hydrogen) atoms. The van der Waals surface area contributed by atoms with E-state index in [-0.39, 0.29) is 12.4 Å². The highest BCUT2D eigenvalue weighted by Crippen LogP contribution is 2.21. The van der Waals surface area contributed by atoms with Crippen LogP contribution >= 0.6 is 0 Å². The maximum absolute atomic E-state index is 14.4. The summed E-state index contributed by atoms with van der Waals surface area (Å²) in [6, 6.07) is 9.66. The molecule has 0 fully saturated rings. The van der Waals surface area contributed by atoms with Crippen LogP contribution in [0.2, 0.25) is 0 Å². The van der Waals surface area contributed by atoms with E-state index in [4.69, 9.17) is 0 Å². The van der Waals surface area contributed by atoms with Crippen molar-refractivity contribution in [1.82, 2.24) is 25.0 Å². The molecule has 4 rings (SSSR count). The molecule has 8 heteroatoms. The maximum Gasteiger partial charge on any atom is 0.179 e. The van der Waals surface area contributed by atoms with Crippen LogP contribution < -0.4 is 0 Å². The molecule has 0 saturated carbocycles. The third-order valence-electron chi connectivity index (χ3n) is 4.06. The molecule has 0 N–H and O–H groups in total. The van der Waals surface area contributed by atoms with Crippen LogP contribution in [-0.4, -0.2) is 25.0 Å². The van der Waals surface area contributed by atoms with E-state index in [9.17, 15) is 9.30 Å². The van der Waals surface area contributed by atoms with E-state index in [1.807, 2.05) is 6.07 Å². The molecular weight excluding hydrogens is 323 g/mol. The smallest absolute Gasteiger partial charge is 0.179 e. The highest BCUT2D eigenvalue weighted by atomic mass is 19.1. The Kier molecular flexibility index (Phi) is 3.64. The minimum absolute atomic E-state index is 0.173. The SMILES string of the molecule is CC(N=O)c1ccc2nnn(Cc3cc4cccnc4cc3F)c2n1. The van der Waals surface area contributed by atoms with Crippen molar-refractivity contribution in [2.45, 2.75) is 19.5 Å². The van der Waals surface area contributed by atoms with Gasteiger partial charge in [-0.1, -0.05) is 16.5 Å². The third-order valence-corrected chi connectivity index (χ3v) is 4.06. The first-order chi connectivity index (χ1) is 12.2. The van der Waals surface area contributed by atoms with Gasteiger partial charge in [-0.15, -0.1) is 5.10 Å². The van der Waals surface area contributed by atoms with Crippen LogP contribution in [0.25, 0.3) is 22.1 Å². The maximum atomic E-state index is 14.4. The molecule has 124 valence electrons. The van der Waals surface area contributed by atoms with Gasteiger partial charge in [0.05, 0.1) is 17.8 Å². The van der Waals surface area contributed by atoms with Crippen LogP contribution in [0, 0.1) is 10.7 Å². The molecule has 3 aromatic heterocycles. The zero-order chi connectivity index (χ0) is 17.4. The van der Waals surface area contributed by atoms with Gasteiger partial charge in [-0.3, -0.25) is 4.98 Å². The van der Waals surface area contributed by atoms with Crippen LogP contribution in [0.3, 0.4) is 0 Å². The van der Waals surface area contributed by atoms with E-state index in [1.165, 1.54) is 10.7 Å². The van der Waals surface area contributed by atoms with Crippen molar-refractivity contribution >= 4 is 22.1 Å². The first kappa shape index (κ1) is 15.3. The number of fused-ring (bicyclic) bond motifs is 2. The molecule has 0 radical (unpaired) electrons. The number of hydrogen-bond acceptors (Lipinski definition) is 6. The zero-order valence-electron chi connectivity index (χ0n) is 13.3. The summed E-state index contributed by atoms with van der Waals surface area (Å²) in [5, 5.41) is 11.9. The number of aromatic nitrogens is 5. The van der Waals surface area contributed by atoms with Gasteiger partial charge in [0, 0.05) is 23.2 Å². The Bertz CT molecular complexity index is 1090. The lowest BCUT2D eigenvalue weighted by molar-refractivity contribution is 0.583. The summed E-state index contributed by atoms with van der Waals surface area (Å²) >= 11 is 0. The molecule has 0 bridgehead atoms. The molecule has 1 unspecified atom stereocenters. The quantitative estimate of drug-likeness (QED) is 0.533. The van der Waals surface area contributed by atoms with Crippen molar-refractivity contribution in [2.75, 3.05) is 0 Å². The Hall–Kier alpha value is -3.29. The van der Waals surface area contributed by atoms with Gasteiger partial charge in [0.1, 0.15) is 17.4 Å². The second-order valence-corrected chi connectivity index (χ2v) is 5.75. The number of benzene rings is 1. The second kappa shape index (κ2) is 5.97. The fraction of sp³-hybridized carbons (Fsp3) is 0.176. The molecule has 1 atom stereocenters. The number of hydrogen-bond donors (Lipinski definition) is 0. The molecule has 0 aliphatic carbocycles. The van der Waals surface area contributed by atoms with Crippen LogP contribution in [0.4, 0.5) is 4.39 Å². The fourth-order valence-corrected chi connectivity index (χ4v) is 2.69. The van der Waals surface area contributed by atoms with Gasteiger partial charge >= 0.3 is 0 Å². The Balaban J connectivity index is 1.78. The summed E-state index contributed by atoms with van der Waals surface area (Å²) in [5.74, 6) is -0.367. The summed E-state index contributed by atoms with van der Waals surface area (Å²) in [7, 11) is 0. The highest BCUT2D eigenvalue weighted by Gasteiger charge is 2.14. The van der Waals surface area contributed by atoms with Crippen LogP contribution in [0.15, 0.2) is 47.8 Å². The Morgan fingerprint density at radius 1 is 1.24 bits per heavy atom. The lowest BCUT2D eigenvalue weighted by Gasteiger charge is -2.07. The number of nitrogens with zero attached hydrogens (tertiary/aromatic N) is 6. The number of halogens is 1. The Morgan fingerprint density at radius 2 is 2.12 bits per heavy atom. The standard InChI is InChI=1S/C17H13FN6O/c1-10(22-25)14-4-5-15-17(20-14)24(23-21-15)9-12-7-11-3-2-6-19-16(11)8-13(12)18/h2-8,10H,9H2,1H3. The molecule has 1 aromatic carbocycles. The molecule has 0 spiro atoms. The number of rotatable bonds is 4. The molecule has 0 amide bonds. The van der Waals surface area contributed by atoms with Gasteiger partial charge in [0.2, 0.25) is 0 Å². The van der Waals surface area contributed by atoms with Crippen molar-refractivity contribution in [3.63, 3.8) is 0 Å². The number of pyridine rings is 2. The lowest BCUT2D eigenvalue weighted by Crippen LogP contribution is -2.06. The minimum Gasteiger partial charge on any atom is -0.256 e. The van der Waals surface area contributed by atoms with Crippen LogP contribution in [-0.2, 0) is 6.54 Å². The van der Waals surface area contributed by atoms with Gasteiger partial charge in [-0.05, 0) is 31.2 Å². The first-order valence-electron chi connectivity index (χ1n) is 7.71. The summed E-state index contributed by atoms with van der Waals surface area (Å²) < 4.78 is 15.9. The largest absolute Gasteiger partial charge is 0.256 e. The normalized spacial score (nSPS) is 12.6. The topological polar surface area (TPSA) is 85.9 Å². The molecule has 0 aliphatic rings. The van der Waals surface area contributed by atoms with Crippen molar-refractivity contribution in [2.24, 2.45) is 5.18 Å². The van der Waals surface area contributed by atoms with Crippen molar-refractivity contribution in [3.05, 3.63) is 64.6 Å². The van der Waals surface area contributed by atoms with E-state index in [0.29, 0.717) is 27.9 Å². The Labute approximate surface area is 141 Å². The first-order valence-corrected chi connectivity index (χ1v) is 7.71. The van der Waals surface area contributed by atoms with Gasteiger partial charge in [0.25, 0.3) is 0 Å². The molecular formula is C17H13FN6O. The van der Waals surface area contributed by atoms with Crippen LogP contribution in [0.1, 0.15) is 24.2 Å². The monoisotopic (exact) mass is 336 g/mol. The second-order valence-electron chi connectivity index (χ2n) is 5.75. The summed E-state index contributed by atoms with van der Waals surface area (Å²) in [5.41, 5.74) is 2.64. The van der Waals surface area contributed by atoms with E-state index < -0.39 is 6.04 Å². The van der Waals surface area contributed by atoms with E-state index in [1.54, 1.807) is 37.4 Å². The predicted molar refractivity (Wildman–Crippen MR) is 90.3 cm³/mol. The van der Waals surface area contributed by atoms with Crippen molar-refractivity contribution < 1.29 is 4.39 Å². The van der Waals surface area contributed by atoms with Gasteiger partial charge in [-0.25, -0.2) is 14.1 Å². The average molecular weight is 336 g/mol. The van der Waals surface area contributed by atoms with Gasteiger partial charge in [0.15, 0.2) is 5.65 Å². The molecule has 4 aromatic rings. The summed E-state index contributed by atoms with van der Waals surface area (Å²) in [6.45, 7) is 1.83. The van der Waals surface area contributed by atoms with E-state index >= 15 is 0 Å². The number of nitroso groups, excluding NO2 is 1. The van der Waals surface area contributed by atoms with E-state index in [2.05, 4.69) is 25.5 Å². The predicted octanol–water partition coefficient (Wildman–Crippen LogP) is 3.39. The average Bonchev–Trinajstić information content (AvgIpc) is 3.04. The molecule has 7 nitrogen and oxygen atoms in total. The van der Waals surface area contributed by atoms with Crippen molar-refractivity contribution in [1.29, 1.82) is 0 Å². The molecule has 3 heterocycles. The summed E-state index contributed by atoms with van der Waals surface area (Å²) in [6.07, 6.45) is 1.63. The molecule has 0 aliphatic heterocycles. The van der Waals surface area contributed by atoms with Gasteiger partial charge in [-0.2, -0.15) is 4.91 Å². The van der Waals surface area contributed by atoms with Crippen LogP contribution in [0.5, 0.6) is 0 Å². The minimum atomic E-state index is -0.573. The fourth-order valence-electron chi connectivity index (χ4n) is 2.69. The van der Waals surface area contributed by atoms with Crippen molar-refractivity contribution in [3.8, 4) is 0 Å². The lowest BCUT2D eigenvalue weighted by atomic mass is 10.1. The molecule has 0 saturated heterocycles. The third kappa shape index (κ3) is 2.71.